The van der Waals surface area contributed by atoms with Crippen molar-refractivity contribution >= 4 is 5.78 Å². The summed E-state index contributed by atoms with van der Waals surface area (Å²) in [6.45, 7) is 0. The van der Waals surface area contributed by atoms with Gasteiger partial charge < -0.3 is 4.98 Å². The lowest BCUT2D eigenvalue weighted by atomic mass is 10.1. The average Bonchev–Trinajstić information content (AvgIpc) is 3.01. The second-order valence-corrected chi connectivity index (χ2v) is 5.07. The minimum atomic E-state index is -0.0951. The van der Waals surface area contributed by atoms with Crippen LogP contribution >= 0.6 is 0 Å². The number of aromatic amines is 1. The first-order chi connectivity index (χ1) is 10.8. The molecule has 0 radical (unpaired) electrons. The summed E-state index contributed by atoms with van der Waals surface area (Å²) in [5, 5.41) is 0. The van der Waals surface area contributed by atoms with E-state index < -0.39 is 0 Å². The number of hydrogen-bond donors (Lipinski definition) is 1. The Hall–Kier alpha value is -3.14. The molecule has 106 valence electrons. The fourth-order valence-corrected chi connectivity index (χ4v) is 2.51. The smallest absolute Gasteiger partial charge is 0.259 e. The summed E-state index contributed by atoms with van der Waals surface area (Å²) in [4.78, 5) is 20.1. The lowest BCUT2D eigenvalue weighted by Gasteiger charge is -2.00. The Morgan fingerprint density at radius 1 is 0.864 bits per heavy atom. The summed E-state index contributed by atoms with van der Waals surface area (Å²) in [7, 11) is 0. The molecule has 0 aliphatic rings. The fourth-order valence-electron chi connectivity index (χ4n) is 2.51. The van der Waals surface area contributed by atoms with E-state index in [1.807, 2.05) is 60.7 Å². The maximum absolute atomic E-state index is 12.3. The van der Waals surface area contributed by atoms with Crippen LogP contribution in [0.15, 0.2) is 77.7 Å². The van der Waals surface area contributed by atoms with Gasteiger partial charge in [-0.05, 0) is 5.56 Å². The zero-order chi connectivity index (χ0) is 14.9. The van der Waals surface area contributed by atoms with Crippen LogP contribution in [0.1, 0.15) is 0 Å². The van der Waals surface area contributed by atoms with Crippen molar-refractivity contribution in [3.63, 3.8) is 0 Å². The number of rotatable bonds is 2. The minimum Gasteiger partial charge on any atom is -0.323 e. The summed E-state index contributed by atoms with van der Waals surface area (Å²) < 4.78 is 1.54. The van der Waals surface area contributed by atoms with Gasteiger partial charge in [-0.3, -0.25) is 9.20 Å². The average molecular weight is 287 g/mol. The highest BCUT2D eigenvalue weighted by molar-refractivity contribution is 5.64. The van der Waals surface area contributed by atoms with E-state index in [9.17, 15) is 4.79 Å². The van der Waals surface area contributed by atoms with E-state index >= 15 is 0 Å². The molecule has 1 N–H and O–H groups in total. The normalized spacial score (nSPS) is 10.9. The van der Waals surface area contributed by atoms with Gasteiger partial charge in [0.15, 0.2) is 0 Å². The van der Waals surface area contributed by atoms with E-state index in [-0.39, 0.29) is 5.56 Å². The maximum atomic E-state index is 12.3. The summed E-state index contributed by atoms with van der Waals surface area (Å²) in [6.07, 6.45) is 1.79. The second-order valence-electron chi connectivity index (χ2n) is 5.07. The van der Waals surface area contributed by atoms with Gasteiger partial charge in [-0.2, -0.15) is 0 Å². The van der Waals surface area contributed by atoms with Gasteiger partial charge in [0.2, 0.25) is 5.78 Å². The Kier molecular flexibility index (Phi) is 2.86. The van der Waals surface area contributed by atoms with E-state index in [1.54, 1.807) is 12.3 Å². The second kappa shape index (κ2) is 5.00. The third-order valence-electron chi connectivity index (χ3n) is 3.61. The molecule has 4 rings (SSSR count). The number of aromatic nitrogens is 3. The fraction of sp³-hybridized carbons (Fsp3) is 0. The quantitative estimate of drug-likeness (QED) is 0.614. The Bertz CT molecular complexity index is 985. The predicted molar refractivity (Wildman–Crippen MR) is 86.7 cm³/mol. The lowest BCUT2D eigenvalue weighted by molar-refractivity contribution is 1.06. The van der Waals surface area contributed by atoms with E-state index in [0.717, 1.165) is 16.8 Å². The Morgan fingerprint density at radius 3 is 2.18 bits per heavy atom. The van der Waals surface area contributed by atoms with Crippen molar-refractivity contribution in [2.75, 3.05) is 0 Å². The molecule has 2 heterocycles. The Labute approximate surface area is 126 Å². The molecule has 0 atom stereocenters. The molecular formula is C18H13N3O. The SMILES string of the molecule is O=c1cc(-c2ccccc2)nc2[nH]c(-c3ccccc3)cn12. The summed E-state index contributed by atoms with van der Waals surface area (Å²) >= 11 is 0. The van der Waals surface area contributed by atoms with E-state index in [0.29, 0.717) is 11.5 Å². The highest BCUT2D eigenvalue weighted by Crippen LogP contribution is 2.19. The molecule has 0 fully saturated rings. The van der Waals surface area contributed by atoms with Crippen molar-refractivity contribution in [3.05, 3.63) is 83.3 Å². The molecule has 4 heteroatoms. The third-order valence-corrected chi connectivity index (χ3v) is 3.61. The number of fused-ring (bicyclic) bond motifs is 1. The van der Waals surface area contributed by atoms with Gasteiger partial charge in [0.1, 0.15) is 0 Å². The highest BCUT2D eigenvalue weighted by Gasteiger charge is 2.08. The van der Waals surface area contributed by atoms with Gasteiger partial charge in [0, 0.05) is 17.8 Å². The molecule has 2 aromatic carbocycles. The molecule has 0 aliphatic heterocycles. The standard InChI is InChI=1S/C18H13N3O/c22-17-11-15(13-7-3-1-4-8-13)19-18-20-16(12-21(17)18)14-9-5-2-6-10-14/h1-12H,(H,19,20). The zero-order valence-electron chi connectivity index (χ0n) is 11.7. The number of imidazole rings is 1. The number of nitrogens with one attached hydrogen (secondary N) is 1. The van der Waals surface area contributed by atoms with Gasteiger partial charge in [0.05, 0.1) is 11.4 Å². The molecule has 0 amide bonds. The number of benzene rings is 2. The predicted octanol–water partition coefficient (Wildman–Crippen LogP) is 3.36. The van der Waals surface area contributed by atoms with Crippen molar-refractivity contribution in [1.82, 2.24) is 14.4 Å². The van der Waals surface area contributed by atoms with Crippen LogP contribution in [0.4, 0.5) is 0 Å². The van der Waals surface area contributed by atoms with Crippen LogP contribution in [0, 0.1) is 0 Å². The minimum absolute atomic E-state index is 0.0951. The van der Waals surface area contributed by atoms with Crippen molar-refractivity contribution < 1.29 is 0 Å². The van der Waals surface area contributed by atoms with Gasteiger partial charge >= 0.3 is 0 Å². The Balaban J connectivity index is 1.91. The third kappa shape index (κ3) is 2.11. The molecule has 2 aromatic heterocycles. The summed E-state index contributed by atoms with van der Waals surface area (Å²) in [6, 6.07) is 21.1. The van der Waals surface area contributed by atoms with Crippen LogP contribution in [-0.4, -0.2) is 14.4 Å². The molecule has 0 saturated heterocycles. The van der Waals surface area contributed by atoms with Crippen molar-refractivity contribution in [1.29, 1.82) is 0 Å². The number of hydrogen-bond acceptors (Lipinski definition) is 2. The van der Waals surface area contributed by atoms with Gasteiger partial charge in [-0.15, -0.1) is 0 Å². The Morgan fingerprint density at radius 2 is 1.50 bits per heavy atom. The molecule has 4 aromatic rings. The molecular weight excluding hydrogens is 274 g/mol. The molecule has 0 aliphatic carbocycles. The van der Waals surface area contributed by atoms with Crippen LogP contribution in [0.3, 0.4) is 0 Å². The lowest BCUT2D eigenvalue weighted by Crippen LogP contribution is -2.12. The van der Waals surface area contributed by atoms with E-state index in [1.165, 1.54) is 4.40 Å². The highest BCUT2D eigenvalue weighted by atomic mass is 16.1. The summed E-state index contributed by atoms with van der Waals surface area (Å²) in [5.74, 6) is 0.546. The first kappa shape index (κ1) is 12.6. The van der Waals surface area contributed by atoms with Crippen molar-refractivity contribution in [2.45, 2.75) is 0 Å². The van der Waals surface area contributed by atoms with E-state index in [2.05, 4.69) is 9.97 Å². The van der Waals surface area contributed by atoms with Crippen LogP contribution in [-0.2, 0) is 0 Å². The largest absolute Gasteiger partial charge is 0.323 e. The molecule has 0 saturated carbocycles. The van der Waals surface area contributed by atoms with Crippen LogP contribution in [0.25, 0.3) is 28.3 Å². The monoisotopic (exact) mass is 287 g/mol. The van der Waals surface area contributed by atoms with E-state index in [4.69, 9.17) is 0 Å². The zero-order valence-corrected chi connectivity index (χ0v) is 11.7. The maximum Gasteiger partial charge on any atom is 0.259 e. The first-order valence-corrected chi connectivity index (χ1v) is 7.04. The van der Waals surface area contributed by atoms with Crippen LogP contribution < -0.4 is 5.56 Å². The molecule has 4 nitrogen and oxygen atoms in total. The van der Waals surface area contributed by atoms with Gasteiger partial charge in [-0.1, -0.05) is 60.7 Å². The van der Waals surface area contributed by atoms with Gasteiger partial charge in [0.25, 0.3) is 5.56 Å². The van der Waals surface area contributed by atoms with Crippen molar-refractivity contribution in [3.8, 4) is 22.5 Å². The summed E-state index contributed by atoms with van der Waals surface area (Å²) in [5.41, 5.74) is 3.40. The van der Waals surface area contributed by atoms with Crippen molar-refractivity contribution in [2.24, 2.45) is 0 Å². The van der Waals surface area contributed by atoms with Crippen LogP contribution in [0.5, 0.6) is 0 Å². The topological polar surface area (TPSA) is 50.2 Å². The van der Waals surface area contributed by atoms with Crippen LogP contribution in [0.2, 0.25) is 0 Å². The molecule has 22 heavy (non-hydrogen) atoms. The number of H-pyrrole nitrogens is 1. The first-order valence-electron chi connectivity index (χ1n) is 7.04. The molecule has 0 bridgehead atoms. The number of nitrogens with zero attached hydrogens (tertiary/aromatic N) is 2. The molecule has 0 unspecified atom stereocenters. The molecule has 0 spiro atoms. The van der Waals surface area contributed by atoms with Gasteiger partial charge in [-0.25, -0.2) is 4.98 Å².